The molecule has 200 valence electrons. The van der Waals surface area contributed by atoms with Crippen molar-refractivity contribution in [1.29, 1.82) is 0 Å². The van der Waals surface area contributed by atoms with Gasteiger partial charge in [-0.25, -0.2) is 0 Å². The molecule has 5 rings (SSSR count). The van der Waals surface area contributed by atoms with Gasteiger partial charge in [0.15, 0.2) is 0 Å². The van der Waals surface area contributed by atoms with Gasteiger partial charge in [0.05, 0.1) is 11.5 Å². The quantitative estimate of drug-likeness (QED) is 0.163. The minimum absolute atomic E-state index is 0.0568. The molecule has 2 N–H and O–H groups in total. The number of aromatic nitrogens is 2. The van der Waals surface area contributed by atoms with Crippen LogP contribution < -0.4 is 9.47 Å². The monoisotopic (exact) mass is 518 g/mol. The first kappa shape index (κ1) is 26.4. The van der Waals surface area contributed by atoms with E-state index in [1.165, 1.54) is 11.1 Å². The number of benzene rings is 3. The van der Waals surface area contributed by atoms with E-state index in [9.17, 15) is 0 Å². The predicted octanol–water partition coefficient (Wildman–Crippen LogP) is 9.36. The van der Waals surface area contributed by atoms with E-state index in [1.54, 1.807) is 0 Å². The zero-order chi connectivity index (χ0) is 26.9. The Morgan fingerprint density at radius 3 is 1.38 bits per heavy atom. The molecule has 2 aromatic heterocycles. The molecule has 0 bridgehead atoms. The molecular formula is C35H38N2O2. The fourth-order valence-electron chi connectivity index (χ4n) is 5.29. The maximum absolute atomic E-state index is 6.93. The second kappa shape index (κ2) is 13.1. The third kappa shape index (κ3) is 6.28. The molecule has 0 radical (unpaired) electrons. The van der Waals surface area contributed by atoms with E-state index in [2.05, 4.69) is 115 Å². The summed E-state index contributed by atoms with van der Waals surface area (Å²) in [4.78, 5) is 6.94. The summed E-state index contributed by atoms with van der Waals surface area (Å²) in [7, 11) is 0. The average Bonchev–Trinajstić information content (AvgIpc) is 3.71. The normalized spacial score (nSPS) is 12.8. The Morgan fingerprint density at radius 1 is 0.538 bits per heavy atom. The van der Waals surface area contributed by atoms with Crippen molar-refractivity contribution in [3.05, 3.63) is 144 Å². The van der Waals surface area contributed by atoms with Crippen molar-refractivity contribution >= 4 is 0 Å². The Hall–Kier alpha value is -4.18. The Balaban J connectivity index is 1.64. The molecule has 0 saturated heterocycles. The minimum atomic E-state index is -0.114. The van der Waals surface area contributed by atoms with Crippen LogP contribution in [0.2, 0.25) is 0 Å². The fraction of sp³-hybridized carbons (Fsp3) is 0.257. The highest BCUT2D eigenvalue weighted by Gasteiger charge is 2.29. The summed E-state index contributed by atoms with van der Waals surface area (Å²) in [6, 6.07) is 35.6. The van der Waals surface area contributed by atoms with Crippen LogP contribution >= 0.6 is 0 Å². The standard InChI is InChI=1S/C35H38N2O2/c1-3-14-30(26-16-7-5-8-17-26)38-32-22-11-23-33(39-31(15-4-2)27-18-9-6-10-19-27)35(32)34(28-20-12-24-36-28)29-21-13-25-37-29/h5-13,16-25,30-31,34,36-37H,3-4,14-15H2,1-2H3/t30-,31-/m1/s1. The molecule has 0 saturated carbocycles. The molecule has 4 nitrogen and oxygen atoms in total. The van der Waals surface area contributed by atoms with Crippen molar-refractivity contribution in [2.75, 3.05) is 0 Å². The van der Waals surface area contributed by atoms with E-state index in [-0.39, 0.29) is 18.1 Å². The van der Waals surface area contributed by atoms with E-state index < -0.39 is 0 Å². The van der Waals surface area contributed by atoms with Gasteiger partial charge in [-0.05, 0) is 60.4 Å². The van der Waals surface area contributed by atoms with E-state index >= 15 is 0 Å². The van der Waals surface area contributed by atoms with Gasteiger partial charge in [0.1, 0.15) is 23.7 Å². The number of H-pyrrole nitrogens is 2. The molecule has 4 heteroatoms. The Labute approximate surface area is 232 Å². The summed E-state index contributed by atoms with van der Waals surface area (Å²) in [5.74, 6) is 1.57. The van der Waals surface area contributed by atoms with Crippen LogP contribution in [0.3, 0.4) is 0 Å². The van der Waals surface area contributed by atoms with Crippen molar-refractivity contribution < 1.29 is 9.47 Å². The molecule has 0 spiro atoms. The van der Waals surface area contributed by atoms with Crippen LogP contribution in [0.4, 0.5) is 0 Å². The van der Waals surface area contributed by atoms with Crippen LogP contribution in [0.5, 0.6) is 11.5 Å². The van der Waals surface area contributed by atoms with Gasteiger partial charge in [0.2, 0.25) is 0 Å². The Morgan fingerprint density at radius 2 is 1.00 bits per heavy atom. The number of hydrogen-bond acceptors (Lipinski definition) is 2. The summed E-state index contributed by atoms with van der Waals surface area (Å²) in [6.45, 7) is 4.41. The van der Waals surface area contributed by atoms with Crippen molar-refractivity contribution in [1.82, 2.24) is 9.97 Å². The SMILES string of the molecule is CCC[C@@H](Oc1cccc(O[C@H](CCC)c2ccccc2)c1C(c1ccc[nH]1)c1ccc[nH]1)c1ccccc1. The maximum Gasteiger partial charge on any atom is 0.128 e. The second-order valence-corrected chi connectivity index (χ2v) is 9.96. The first-order valence-corrected chi connectivity index (χ1v) is 14.1. The molecule has 5 aromatic rings. The number of aromatic amines is 2. The lowest BCUT2D eigenvalue weighted by atomic mass is 9.90. The van der Waals surface area contributed by atoms with Gasteiger partial charge < -0.3 is 19.4 Å². The molecule has 0 aliphatic heterocycles. The summed E-state index contributed by atoms with van der Waals surface area (Å²) < 4.78 is 13.9. The highest BCUT2D eigenvalue weighted by atomic mass is 16.5. The fourth-order valence-corrected chi connectivity index (χ4v) is 5.29. The molecular weight excluding hydrogens is 480 g/mol. The van der Waals surface area contributed by atoms with Crippen LogP contribution in [0.1, 0.15) is 85.7 Å². The van der Waals surface area contributed by atoms with Crippen molar-refractivity contribution in [2.24, 2.45) is 0 Å². The average molecular weight is 519 g/mol. The molecule has 0 fully saturated rings. The van der Waals surface area contributed by atoms with Gasteiger partial charge in [-0.15, -0.1) is 0 Å². The molecule has 2 heterocycles. The molecule has 0 aliphatic rings. The first-order valence-electron chi connectivity index (χ1n) is 14.1. The highest BCUT2D eigenvalue weighted by molar-refractivity contribution is 5.54. The number of rotatable bonds is 13. The van der Waals surface area contributed by atoms with Crippen molar-refractivity contribution in [3.63, 3.8) is 0 Å². The van der Waals surface area contributed by atoms with E-state index in [0.29, 0.717) is 0 Å². The van der Waals surface area contributed by atoms with Gasteiger partial charge in [-0.1, -0.05) is 93.4 Å². The zero-order valence-corrected chi connectivity index (χ0v) is 22.8. The smallest absolute Gasteiger partial charge is 0.128 e. The lowest BCUT2D eigenvalue weighted by molar-refractivity contribution is 0.178. The molecule has 2 atom stereocenters. The van der Waals surface area contributed by atoms with E-state index in [4.69, 9.17) is 9.47 Å². The number of hydrogen-bond donors (Lipinski definition) is 2. The predicted molar refractivity (Wildman–Crippen MR) is 158 cm³/mol. The van der Waals surface area contributed by atoms with Gasteiger partial charge >= 0.3 is 0 Å². The zero-order valence-electron chi connectivity index (χ0n) is 22.8. The molecule has 0 amide bonds. The van der Waals surface area contributed by atoms with Crippen LogP contribution in [0, 0.1) is 0 Å². The topological polar surface area (TPSA) is 50.0 Å². The molecule has 0 aliphatic carbocycles. The van der Waals surface area contributed by atoms with Gasteiger partial charge in [0.25, 0.3) is 0 Å². The number of ether oxygens (including phenoxy) is 2. The van der Waals surface area contributed by atoms with E-state index in [0.717, 1.165) is 54.1 Å². The van der Waals surface area contributed by atoms with Crippen molar-refractivity contribution in [3.8, 4) is 11.5 Å². The first-order chi connectivity index (χ1) is 19.3. The largest absolute Gasteiger partial charge is 0.485 e. The lowest BCUT2D eigenvalue weighted by Crippen LogP contribution is -2.15. The maximum atomic E-state index is 6.93. The second-order valence-electron chi connectivity index (χ2n) is 9.96. The summed E-state index contributed by atoms with van der Waals surface area (Å²) >= 11 is 0. The van der Waals surface area contributed by atoms with Crippen LogP contribution in [-0.4, -0.2) is 9.97 Å². The lowest BCUT2D eigenvalue weighted by Gasteiger charge is -2.28. The van der Waals surface area contributed by atoms with Crippen LogP contribution in [0.25, 0.3) is 0 Å². The van der Waals surface area contributed by atoms with Gasteiger partial charge in [0, 0.05) is 23.8 Å². The molecule has 3 aromatic carbocycles. The van der Waals surface area contributed by atoms with E-state index in [1.807, 2.05) is 24.5 Å². The minimum Gasteiger partial charge on any atom is -0.485 e. The van der Waals surface area contributed by atoms with Gasteiger partial charge in [-0.3, -0.25) is 0 Å². The van der Waals surface area contributed by atoms with Gasteiger partial charge in [-0.2, -0.15) is 0 Å². The third-order valence-electron chi connectivity index (χ3n) is 7.16. The molecule has 0 unspecified atom stereocenters. The summed E-state index contributed by atoms with van der Waals surface area (Å²) in [5.41, 5.74) is 5.55. The Bertz CT molecular complexity index is 1280. The molecule has 39 heavy (non-hydrogen) atoms. The summed E-state index contributed by atoms with van der Waals surface area (Å²) in [5, 5.41) is 0. The Kier molecular flexibility index (Phi) is 8.85. The number of nitrogens with one attached hydrogen (secondary N) is 2. The highest BCUT2D eigenvalue weighted by Crippen LogP contribution is 2.45. The summed E-state index contributed by atoms with van der Waals surface area (Å²) in [6.07, 6.45) is 7.73. The third-order valence-corrected chi connectivity index (χ3v) is 7.16. The van der Waals surface area contributed by atoms with Crippen molar-refractivity contribution in [2.45, 2.75) is 57.7 Å². The van der Waals surface area contributed by atoms with Crippen LogP contribution in [-0.2, 0) is 0 Å². The van der Waals surface area contributed by atoms with Crippen LogP contribution in [0.15, 0.2) is 116 Å².